The average Bonchev–Trinajstić information content (AvgIpc) is 3.03. The fourth-order valence-corrected chi connectivity index (χ4v) is 4.13. The van der Waals surface area contributed by atoms with Crippen molar-refractivity contribution in [3.8, 4) is 0 Å². The maximum atomic E-state index is 13.7. The van der Waals surface area contributed by atoms with Crippen LogP contribution >= 0.6 is 0 Å². The van der Waals surface area contributed by atoms with E-state index in [9.17, 15) is 9.59 Å². The van der Waals surface area contributed by atoms with Crippen LogP contribution in [-0.4, -0.2) is 17.5 Å². The molecule has 0 fully saturated rings. The number of benzene rings is 2. The lowest BCUT2D eigenvalue weighted by Crippen LogP contribution is -2.50. The van der Waals surface area contributed by atoms with Gasteiger partial charge in [0.05, 0.1) is 11.4 Å². The largest absolute Gasteiger partial charge is 0.274 e. The van der Waals surface area contributed by atoms with Crippen molar-refractivity contribution in [1.82, 2.24) is 0 Å². The molecule has 0 bridgehead atoms. The fourth-order valence-electron chi connectivity index (χ4n) is 4.13. The van der Waals surface area contributed by atoms with E-state index < -0.39 is 5.41 Å². The van der Waals surface area contributed by atoms with Crippen LogP contribution < -0.4 is 4.90 Å². The van der Waals surface area contributed by atoms with Crippen molar-refractivity contribution in [2.75, 3.05) is 4.90 Å². The third-order valence-corrected chi connectivity index (χ3v) is 4.99. The van der Waals surface area contributed by atoms with Crippen LogP contribution in [0.2, 0.25) is 0 Å². The summed E-state index contributed by atoms with van der Waals surface area (Å²) in [5.74, 6) is -0.494. The lowest BCUT2D eigenvalue weighted by Gasteiger charge is -2.33. The van der Waals surface area contributed by atoms with Crippen molar-refractivity contribution in [3.05, 3.63) is 59.7 Å². The van der Waals surface area contributed by atoms with Crippen molar-refractivity contribution in [3.63, 3.8) is 0 Å². The molecule has 2 heterocycles. The van der Waals surface area contributed by atoms with Gasteiger partial charge in [0, 0.05) is 29.2 Å². The molecule has 4 rings (SSSR count). The number of hydrogen-bond donors (Lipinski definition) is 0. The zero-order valence-electron chi connectivity index (χ0n) is 14.8. The molecule has 0 N–H and O–H groups in total. The van der Waals surface area contributed by atoms with Crippen molar-refractivity contribution in [2.24, 2.45) is 10.4 Å². The van der Waals surface area contributed by atoms with Crippen molar-refractivity contribution >= 4 is 28.9 Å². The van der Waals surface area contributed by atoms with Gasteiger partial charge in [0.1, 0.15) is 5.41 Å². The number of aliphatic imine (C=N–C) groups is 1. The Balaban J connectivity index is 2.13. The van der Waals surface area contributed by atoms with Crippen LogP contribution in [0, 0.1) is 5.41 Å². The first kappa shape index (κ1) is 15.8. The van der Waals surface area contributed by atoms with Crippen LogP contribution in [0.5, 0.6) is 0 Å². The second kappa shape index (κ2) is 4.88. The Morgan fingerprint density at radius 3 is 2.24 bits per heavy atom. The molecule has 0 saturated heterocycles. The number of nitrogens with zero attached hydrogens (tertiary/aromatic N) is 2. The highest BCUT2D eigenvalue weighted by atomic mass is 16.2. The smallest absolute Gasteiger partial charge is 0.254 e. The summed E-state index contributed by atoms with van der Waals surface area (Å²) in [6, 6.07) is 15.3. The molecule has 1 atom stereocenters. The summed E-state index contributed by atoms with van der Waals surface area (Å²) in [4.78, 5) is 32.1. The maximum Gasteiger partial charge on any atom is 0.254 e. The zero-order valence-corrected chi connectivity index (χ0v) is 14.8. The lowest BCUT2D eigenvalue weighted by molar-refractivity contribution is -0.126. The van der Waals surface area contributed by atoms with Crippen LogP contribution in [0.15, 0.2) is 53.5 Å². The summed E-state index contributed by atoms with van der Waals surface area (Å²) in [6.07, 6.45) is 0. The number of fused-ring (bicyclic) bond motifs is 4. The van der Waals surface area contributed by atoms with Crippen molar-refractivity contribution < 1.29 is 9.59 Å². The molecular weight excluding hydrogens is 312 g/mol. The van der Waals surface area contributed by atoms with E-state index in [0.29, 0.717) is 5.69 Å². The fraction of sp³-hybridized carbons (Fsp3) is 0.286. The van der Waals surface area contributed by atoms with Crippen LogP contribution in [0.3, 0.4) is 0 Å². The Bertz CT molecular complexity index is 952. The van der Waals surface area contributed by atoms with Gasteiger partial charge in [-0.2, -0.15) is 0 Å². The molecular formula is C21H20N2O2. The molecule has 2 aromatic rings. The van der Waals surface area contributed by atoms with E-state index in [-0.39, 0.29) is 17.2 Å². The van der Waals surface area contributed by atoms with Crippen LogP contribution in [0.25, 0.3) is 0 Å². The number of para-hydroxylation sites is 2. The van der Waals surface area contributed by atoms with Crippen LogP contribution in [0.1, 0.15) is 38.8 Å². The van der Waals surface area contributed by atoms with Crippen LogP contribution in [-0.2, 0) is 15.0 Å². The number of amides is 2. The summed E-state index contributed by atoms with van der Waals surface area (Å²) >= 11 is 0. The Labute approximate surface area is 147 Å². The van der Waals surface area contributed by atoms with Gasteiger partial charge >= 0.3 is 0 Å². The first-order valence-corrected chi connectivity index (χ1v) is 8.43. The minimum Gasteiger partial charge on any atom is -0.274 e. The van der Waals surface area contributed by atoms with E-state index in [0.717, 1.165) is 22.5 Å². The maximum absolute atomic E-state index is 13.7. The van der Waals surface area contributed by atoms with Gasteiger partial charge < -0.3 is 0 Å². The molecule has 2 aliphatic heterocycles. The molecule has 4 heteroatoms. The molecule has 25 heavy (non-hydrogen) atoms. The van der Waals surface area contributed by atoms with Gasteiger partial charge in [0.15, 0.2) is 0 Å². The summed E-state index contributed by atoms with van der Waals surface area (Å²) in [6.45, 7) is 7.62. The molecule has 2 aliphatic rings. The van der Waals surface area contributed by atoms with E-state index in [1.54, 1.807) is 0 Å². The molecule has 126 valence electrons. The highest BCUT2D eigenvalue weighted by molar-refractivity contribution is 6.35. The van der Waals surface area contributed by atoms with Gasteiger partial charge in [0.2, 0.25) is 5.91 Å². The van der Waals surface area contributed by atoms with E-state index in [4.69, 9.17) is 4.99 Å². The zero-order chi connectivity index (χ0) is 18.0. The molecule has 1 unspecified atom stereocenters. The predicted molar refractivity (Wildman–Crippen MR) is 98.4 cm³/mol. The summed E-state index contributed by atoms with van der Waals surface area (Å²) in [7, 11) is 0. The molecule has 2 aromatic carbocycles. The first-order valence-electron chi connectivity index (χ1n) is 8.43. The second-order valence-corrected chi connectivity index (χ2v) is 7.65. The van der Waals surface area contributed by atoms with Gasteiger partial charge in [0.25, 0.3) is 5.91 Å². The minimum absolute atomic E-state index is 0.222. The predicted octanol–water partition coefficient (Wildman–Crippen LogP) is 4.00. The molecule has 4 nitrogen and oxygen atoms in total. The van der Waals surface area contributed by atoms with Gasteiger partial charge in [-0.1, -0.05) is 57.2 Å². The Hall–Kier alpha value is -2.75. The molecule has 1 spiro atoms. The average molecular weight is 332 g/mol. The standard InChI is InChI=1S/C21H20N2O2/c1-13(24)23-17-12-8-6-10-15(17)21(19(23)25)14-9-5-7-11-16(14)22-18(21)20(2,3)4/h5-12H,1-4H3. The molecule has 0 saturated carbocycles. The quantitative estimate of drug-likeness (QED) is 0.732. The second-order valence-electron chi connectivity index (χ2n) is 7.65. The normalized spacial score (nSPS) is 21.4. The number of carbonyl (C=O) groups excluding carboxylic acids is 2. The topological polar surface area (TPSA) is 49.7 Å². The molecule has 2 amide bonds. The van der Waals surface area contributed by atoms with E-state index in [2.05, 4.69) is 20.8 Å². The number of imide groups is 1. The van der Waals surface area contributed by atoms with Gasteiger partial charge in [-0.05, 0) is 12.1 Å². The number of anilines is 1. The van der Waals surface area contributed by atoms with Gasteiger partial charge in [-0.3, -0.25) is 14.6 Å². The van der Waals surface area contributed by atoms with Gasteiger partial charge in [-0.15, -0.1) is 0 Å². The Morgan fingerprint density at radius 2 is 1.60 bits per heavy atom. The van der Waals surface area contributed by atoms with Crippen LogP contribution in [0.4, 0.5) is 11.4 Å². The first-order chi connectivity index (χ1) is 11.8. The lowest BCUT2D eigenvalue weighted by atomic mass is 9.66. The Morgan fingerprint density at radius 1 is 1.00 bits per heavy atom. The highest BCUT2D eigenvalue weighted by Crippen LogP contribution is 2.55. The Kier molecular flexibility index (Phi) is 3.08. The molecule has 0 aromatic heterocycles. The van der Waals surface area contributed by atoms with Crippen molar-refractivity contribution in [2.45, 2.75) is 33.1 Å². The highest BCUT2D eigenvalue weighted by Gasteiger charge is 2.61. The third-order valence-electron chi connectivity index (χ3n) is 4.99. The number of rotatable bonds is 0. The van der Waals surface area contributed by atoms with Gasteiger partial charge in [-0.25, -0.2) is 4.90 Å². The van der Waals surface area contributed by atoms with Crippen molar-refractivity contribution in [1.29, 1.82) is 0 Å². The number of carbonyl (C=O) groups is 2. The summed E-state index contributed by atoms with van der Waals surface area (Å²) in [5.41, 5.74) is 2.62. The van der Waals surface area contributed by atoms with E-state index in [1.165, 1.54) is 11.8 Å². The SMILES string of the molecule is CC(=O)N1C(=O)C2(C(C(C)(C)C)=Nc3ccccc32)c2ccccc21. The minimum atomic E-state index is -1.02. The molecule has 0 radical (unpaired) electrons. The monoisotopic (exact) mass is 332 g/mol. The summed E-state index contributed by atoms with van der Waals surface area (Å²) in [5, 5.41) is 0. The number of hydrogen-bond acceptors (Lipinski definition) is 3. The van der Waals surface area contributed by atoms with E-state index in [1.807, 2.05) is 48.5 Å². The molecule has 0 aliphatic carbocycles. The third kappa shape index (κ3) is 1.85. The van der Waals surface area contributed by atoms with E-state index >= 15 is 0 Å². The summed E-state index contributed by atoms with van der Waals surface area (Å²) < 4.78 is 0.